The number of rotatable bonds is 26. The number of carbonyl (C=O) groups is 9. The second-order valence-electron chi connectivity index (χ2n) is 15.0. The van der Waals surface area contributed by atoms with Gasteiger partial charge in [0, 0.05) is 69.8 Å². The highest BCUT2D eigenvalue weighted by Crippen LogP contribution is 2.44. The van der Waals surface area contributed by atoms with Gasteiger partial charge in [0.25, 0.3) is 18.9 Å². The molecule has 1 heterocycles. The fourth-order valence-corrected chi connectivity index (χ4v) is 6.06. The number of Topliss-reactive ketones (excluding diaryl/α,β-unsaturated/α-hetero) is 3. The van der Waals surface area contributed by atoms with Crippen molar-refractivity contribution in [3.8, 4) is 33.9 Å². The lowest BCUT2D eigenvalue weighted by Gasteiger charge is -2.27. The summed E-state index contributed by atoms with van der Waals surface area (Å²) in [6.07, 6.45) is -6.59. The molecule has 0 radical (unpaired) electrons. The van der Waals surface area contributed by atoms with Gasteiger partial charge in [-0.05, 0) is 29.8 Å². The van der Waals surface area contributed by atoms with Crippen molar-refractivity contribution in [2.75, 3.05) is 64.2 Å². The number of aliphatic hydroxyl groups excluding tert-OH is 3. The summed E-state index contributed by atoms with van der Waals surface area (Å²) >= 11 is 0. The van der Waals surface area contributed by atoms with Gasteiger partial charge in [-0.2, -0.15) is 0 Å². The van der Waals surface area contributed by atoms with Crippen LogP contribution in [-0.2, 0) is 71.6 Å². The van der Waals surface area contributed by atoms with Crippen molar-refractivity contribution in [1.29, 1.82) is 0 Å². The number of halogens is 2. The maximum absolute atomic E-state index is 15.6. The van der Waals surface area contributed by atoms with E-state index in [9.17, 15) is 63.3 Å². The standard InChI is InChI=1S/C45H46F2N2O22/c1-22(50)43(60)69-39(57)18-48(17-38(56)66-21-65-25(4)53)8-9-63-10-11-64-34-7-6-27(12-32(34)49(19-40(58)70-44(61)23(2)51)20-41(59)71-45(62)24(3)52)42-28-13-30(46)33(55)15-35(28)68-36-16-37(67-26(5)54)31(47)14-29(36)42/h6-7,12-16,43-45,60-62H,8-11,17-21H2,1-5H3. The van der Waals surface area contributed by atoms with Crippen molar-refractivity contribution < 1.29 is 110 Å². The Labute approximate surface area is 399 Å². The normalized spacial score (nSPS) is 12.3. The van der Waals surface area contributed by atoms with Gasteiger partial charge in [0.1, 0.15) is 36.8 Å². The van der Waals surface area contributed by atoms with Crippen LogP contribution in [0.25, 0.3) is 33.4 Å². The zero-order valence-electron chi connectivity index (χ0n) is 38.4. The van der Waals surface area contributed by atoms with Gasteiger partial charge in [0.05, 0.1) is 32.0 Å². The summed E-state index contributed by atoms with van der Waals surface area (Å²) in [5, 5.41) is 29.6. The van der Waals surface area contributed by atoms with Crippen molar-refractivity contribution in [3.63, 3.8) is 0 Å². The average molecular weight is 1000 g/mol. The highest BCUT2D eigenvalue weighted by molar-refractivity contribution is 6.03. The monoisotopic (exact) mass is 1000 g/mol. The Morgan fingerprint density at radius 3 is 1.77 bits per heavy atom. The molecule has 0 saturated carbocycles. The number of hydrogen-bond donors (Lipinski definition) is 3. The van der Waals surface area contributed by atoms with Gasteiger partial charge in [-0.3, -0.25) is 52.8 Å². The van der Waals surface area contributed by atoms with Crippen molar-refractivity contribution in [3.05, 3.63) is 64.3 Å². The fourth-order valence-electron chi connectivity index (χ4n) is 6.06. The van der Waals surface area contributed by atoms with E-state index in [1.807, 2.05) is 0 Å². The molecule has 0 spiro atoms. The Morgan fingerprint density at radius 1 is 0.634 bits per heavy atom. The molecule has 24 nitrogen and oxygen atoms in total. The van der Waals surface area contributed by atoms with E-state index in [0.717, 1.165) is 68.7 Å². The van der Waals surface area contributed by atoms with E-state index >= 15 is 8.78 Å². The SMILES string of the molecule is CC(=O)OCOC(=O)CN(CCOCCOc1ccc(-c2c3cc(F)c(=O)cc-3oc3cc(OC(C)=O)c(F)cc23)cc1N(CC(=O)OC(O)C(C)=O)CC(=O)OC(O)C(C)=O)CC(=O)OC(O)C(C)=O. The molecular weight excluding hydrogens is 958 g/mol. The minimum Gasteiger partial charge on any atom is -0.489 e. The quantitative estimate of drug-likeness (QED) is 0.0194. The van der Waals surface area contributed by atoms with Gasteiger partial charge in [-0.25, -0.2) is 8.78 Å². The number of ketones is 3. The van der Waals surface area contributed by atoms with Gasteiger partial charge in [-0.15, -0.1) is 0 Å². The van der Waals surface area contributed by atoms with Crippen LogP contribution >= 0.6 is 0 Å². The first-order valence-electron chi connectivity index (χ1n) is 20.8. The number of esters is 6. The lowest BCUT2D eigenvalue weighted by Crippen LogP contribution is -2.40. The van der Waals surface area contributed by atoms with Crippen LogP contribution in [0.15, 0.2) is 51.7 Å². The molecule has 3 atom stereocenters. The summed E-state index contributed by atoms with van der Waals surface area (Å²) in [4.78, 5) is 123. The van der Waals surface area contributed by atoms with E-state index < -0.39 is 128 Å². The molecule has 4 rings (SSSR count). The number of benzene rings is 3. The predicted octanol–water partition coefficient (Wildman–Crippen LogP) is 0.688. The Hall–Kier alpha value is -7.78. The Bertz CT molecular complexity index is 2670. The maximum atomic E-state index is 15.6. The fraction of sp³-hybridized carbons (Fsp3) is 0.378. The lowest BCUT2D eigenvalue weighted by molar-refractivity contribution is -0.176. The Balaban J connectivity index is 1.76. The van der Waals surface area contributed by atoms with Gasteiger partial charge < -0.3 is 62.5 Å². The molecule has 2 aromatic carbocycles. The van der Waals surface area contributed by atoms with E-state index in [-0.39, 0.29) is 71.2 Å². The number of ether oxygens (including phenoxy) is 8. The molecule has 1 aliphatic heterocycles. The summed E-state index contributed by atoms with van der Waals surface area (Å²) in [6.45, 7) is -0.251. The topological polar surface area (TPSA) is 325 Å². The molecule has 3 unspecified atom stereocenters. The largest absolute Gasteiger partial charge is 0.489 e. The number of carbonyl (C=O) groups excluding carboxylic acids is 9. The molecule has 2 aliphatic rings. The lowest BCUT2D eigenvalue weighted by atomic mass is 9.93. The number of anilines is 1. The zero-order valence-corrected chi connectivity index (χ0v) is 38.4. The van der Waals surface area contributed by atoms with E-state index in [0.29, 0.717) is 0 Å². The van der Waals surface area contributed by atoms with Crippen LogP contribution in [0.4, 0.5) is 14.5 Å². The third kappa shape index (κ3) is 16.7. The molecule has 26 heteroatoms. The smallest absolute Gasteiger partial charge is 0.328 e. The molecular formula is C45H46F2N2O22. The number of aliphatic hydroxyl groups is 3. The second kappa shape index (κ2) is 25.7. The molecule has 2 aromatic rings. The van der Waals surface area contributed by atoms with Crippen LogP contribution in [0.3, 0.4) is 0 Å². The molecule has 382 valence electrons. The van der Waals surface area contributed by atoms with Crippen LogP contribution in [0.1, 0.15) is 34.6 Å². The third-order valence-electron chi connectivity index (χ3n) is 9.31. The van der Waals surface area contributed by atoms with E-state index in [1.54, 1.807) is 0 Å². The van der Waals surface area contributed by atoms with Crippen LogP contribution in [0.2, 0.25) is 0 Å². The average Bonchev–Trinajstić information content (AvgIpc) is 3.27. The highest BCUT2D eigenvalue weighted by atomic mass is 19.1. The molecule has 0 aromatic heterocycles. The summed E-state index contributed by atoms with van der Waals surface area (Å²) in [6, 6.07) is 7.35. The minimum absolute atomic E-state index is 0.0205. The van der Waals surface area contributed by atoms with Crippen LogP contribution in [0, 0.1) is 11.6 Å². The summed E-state index contributed by atoms with van der Waals surface area (Å²) in [7, 11) is 0. The molecule has 0 fully saturated rings. The first-order chi connectivity index (χ1) is 33.4. The van der Waals surface area contributed by atoms with Crippen molar-refractivity contribution in [2.45, 2.75) is 53.5 Å². The summed E-state index contributed by atoms with van der Waals surface area (Å²) < 4.78 is 76.6. The van der Waals surface area contributed by atoms with Gasteiger partial charge in [0.15, 0.2) is 34.7 Å². The zero-order chi connectivity index (χ0) is 52.7. The van der Waals surface area contributed by atoms with Gasteiger partial charge >= 0.3 is 35.8 Å². The summed E-state index contributed by atoms with van der Waals surface area (Å²) in [5.74, 6) is -12.6. The van der Waals surface area contributed by atoms with Crippen LogP contribution < -0.4 is 19.8 Å². The first-order valence-corrected chi connectivity index (χ1v) is 20.8. The third-order valence-corrected chi connectivity index (χ3v) is 9.31. The number of hydrogen-bond acceptors (Lipinski definition) is 24. The van der Waals surface area contributed by atoms with Crippen molar-refractivity contribution in [2.24, 2.45) is 0 Å². The van der Waals surface area contributed by atoms with Gasteiger partial charge in [-0.1, -0.05) is 6.07 Å². The molecule has 3 N–H and O–H groups in total. The number of nitrogens with zero attached hydrogens (tertiary/aromatic N) is 2. The summed E-state index contributed by atoms with van der Waals surface area (Å²) in [5.41, 5.74) is -1.64. The minimum atomic E-state index is -2.26. The maximum Gasteiger partial charge on any atom is 0.328 e. The Morgan fingerprint density at radius 2 is 1.21 bits per heavy atom. The molecule has 71 heavy (non-hydrogen) atoms. The van der Waals surface area contributed by atoms with Crippen LogP contribution in [-0.4, -0.2) is 152 Å². The van der Waals surface area contributed by atoms with E-state index in [4.69, 9.17) is 32.8 Å². The van der Waals surface area contributed by atoms with Crippen molar-refractivity contribution >= 4 is 69.8 Å². The van der Waals surface area contributed by atoms with Crippen LogP contribution in [0.5, 0.6) is 11.5 Å². The van der Waals surface area contributed by atoms with E-state index in [1.165, 1.54) is 18.2 Å². The van der Waals surface area contributed by atoms with Crippen molar-refractivity contribution in [1.82, 2.24) is 4.90 Å². The first kappa shape index (κ1) is 55.8. The Kier molecular flexibility index (Phi) is 20.2. The van der Waals surface area contributed by atoms with E-state index in [2.05, 4.69) is 9.47 Å². The molecule has 0 bridgehead atoms. The molecule has 0 amide bonds. The number of fused-ring (bicyclic) bond motifs is 2. The molecule has 1 aliphatic carbocycles. The van der Waals surface area contributed by atoms with Gasteiger partial charge in [0.2, 0.25) is 12.2 Å². The molecule has 0 saturated heterocycles. The predicted molar refractivity (Wildman–Crippen MR) is 232 cm³/mol. The highest BCUT2D eigenvalue weighted by Gasteiger charge is 2.28. The second-order valence-corrected chi connectivity index (χ2v) is 15.0.